The smallest absolute Gasteiger partial charge is 0.252 e. The van der Waals surface area contributed by atoms with Crippen molar-refractivity contribution in [2.45, 2.75) is 51.7 Å². The number of hydrogen-bond acceptors (Lipinski definition) is 4. The Morgan fingerprint density at radius 2 is 2.00 bits per heavy atom. The van der Waals surface area contributed by atoms with Gasteiger partial charge in [-0.15, -0.1) is 0 Å². The van der Waals surface area contributed by atoms with E-state index in [4.69, 9.17) is 9.57 Å². The van der Waals surface area contributed by atoms with Gasteiger partial charge in [-0.2, -0.15) is 0 Å². The van der Waals surface area contributed by atoms with Crippen molar-refractivity contribution < 1.29 is 19.2 Å². The summed E-state index contributed by atoms with van der Waals surface area (Å²) in [6.07, 6.45) is 8.49. The summed E-state index contributed by atoms with van der Waals surface area (Å²) in [5.74, 6) is -0.273. The van der Waals surface area contributed by atoms with Crippen molar-refractivity contribution in [3.8, 4) is 0 Å². The molecule has 1 fully saturated rings. The van der Waals surface area contributed by atoms with E-state index in [9.17, 15) is 9.59 Å². The summed E-state index contributed by atoms with van der Waals surface area (Å²) < 4.78 is 5.59. The molecule has 1 saturated heterocycles. The maximum atomic E-state index is 12.4. The number of unbranched alkanes of at least 4 members (excludes halogenated alkanes) is 2. The van der Waals surface area contributed by atoms with Crippen molar-refractivity contribution in [3.63, 3.8) is 0 Å². The highest BCUT2D eigenvalue weighted by Crippen LogP contribution is 2.38. The Kier molecular flexibility index (Phi) is 6.15. The fraction of sp³-hybridized carbons (Fsp3) is 0.765. The first-order valence-electron chi connectivity index (χ1n) is 8.24. The molecule has 2 heterocycles. The van der Waals surface area contributed by atoms with Crippen molar-refractivity contribution in [2.75, 3.05) is 13.7 Å². The predicted octanol–water partition coefficient (Wildman–Crippen LogP) is 2.36. The lowest BCUT2D eigenvalue weighted by Crippen LogP contribution is -2.41. The maximum Gasteiger partial charge on any atom is 0.252 e. The summed E-state index contributed by atoms with van der Waals surface area (Å²) in [7, 11) is 1.62. The molecule has 4 atom stereocenters. The lowest BCUT2D eigenvalue weighted by molar-refractivity contribution is -0.185. The fourth-order valence-electron chi connectivity index (χ4n) is 3.11. The van der Waals surface area contributed by atoms with Crippen LogP contribution in [0.4, 0.5) is 0 Å². The van der Waals surface area contributed by atoms with Gasteiger partial charge >= 0.3 is 0 Å². The van der Waals surface area contributed by atoms with Gasteiger partial charge in [0.25, 0.3) is 5.91 Å². The molecule has 0 radical (unpaired) electrons. The molecule has 0 aromatic heterocycles. The lowest BCUT2D eigenvalue weighted by atomic mass is 9.83. The highest BCUT2D eigenvalue weighted by molar-refractivity contribution is 5.83. The molecule has 2 aliphatic heterocycles. The fourth-order valence-corrected chi connectivity index (χ4v) is 3.11. The van der Waals surface area contributed by atoms with E-state index in [1.807, 2.05) is 12.2 Å². The number of hydroxylamine groups is 2. The summed E-state index contributed by atoms with van der Waals surface area (Å²) in [6.45, 7) is 4.97. The Balaban J connectivity index is 1.71. The number of nitrogens with zero attached hydrogens (tertiary/aromatic N) is 1. The maximum absolute atomic E-state index is 12.4. The first-order valence-corrected chi connectivity index (χ1v) is 8.24. The van der Waals surface area contributed by atoms with Crippen molar-refractivity contribution in [3.05, 3.63) is 12.2 Å². The molecule has 0 spiro atoms. The summed E-state index contributed by atoms with van der Waals surface area (Å²) in [5, 5.41) is 1.28. The van der Waals surface area contributed by atoms with Gasteiger partial charge in [0.15, 0.2) is 0 Å². The Morgan fingerprint density at radius 3 is 2.68 bits per heavy atom. The first kappa shape index (κ1) is 17.2. The summed E-state index contributed by atoms with van der Waals surface area (Å²) in [4.78, 5) is 29.2. The molecular weight excluding hydrogens is 282 g/mol. The molecular formula is C17H27NO4. The van der Waals surface area contributed by atoms with Crippen molar-refractivity contribution in [2.24, 2.45) is 17.8 Å². The van der Waals surface area contributed by atoms with Crippen LogP contribution in [0.1, 0.15) is 39.5 Å². The predicted molar refractivity (Wildman–Crippen MR) is 82.9 cm³/mol. The third kappa shape index (κ3) is 3.96. The number of amides is 1. The van der Waals surface area contributed by atoms with Gasteiger partial charge in [-0.25, -0.2) is 5.06 Å². The van der Waals surface area contributed by atoms with E-state index in [0.29, 0.717) is 6.61 Å². The van der Waals surface area contributed by atoms with E-state index in [2.05, 4.69) is 13.8 Å². The molecule has 5 nitrogen and oxygen atoms in total. The third-order valence-corrected chi connectivity index (χ3v) is 4.42. The standard InChI is InChI=1S/C17H27NO4/c1-12(2)7-5-4-6-10-21-18(3)17(20)16-13(11-19)14-8-9-15(16)22-14/h8-9,11-16H,4-7,10H2,1-3H3. The lowest BCUT2D eigenvalue weighted by Gasteiger charge is -2.25. The van der Waals surface area contributed by atoms with Crippen LogP contribution in [0.5, 0.6) is 0 Å². The third-order valence-electron chi connectivity index (χ3n) is 4.42. The monoisotopic (exact) mass is 309 g/mol. The number of rotatable bonds is 9. The second kappa shape index (κ2) is 7.88. The molecule has 22 heavy (non-hydrogen) atoms. The van der Waals surface area contributed by atoms with Crippen LogP contribution in [0.15, 0.2) is 12.2 Å². The Morgan fingerprint density at radius 1 is 1.27 bits per heavy atom. The summed E-state index contributed by atoms with van der Waals surface area (Å²) in [6, 6.07) is 0. The molecule has 0 saturated carbocycles. The molecule has 2 bridgehead atoms. The van der Waals surface area contributed by atoms with E-state index in [1.54, 1.807) is 7.05 Å². The van der Waals surface area contributed by atoms with E-state index >= 15 is 0 Å². The van der Waals surface area contributed by atoms with Crippen LogP contribution in [0.2, 0.25) is 0 Å². The van der Waals surface area contributed by atoms with E-state index in [1.165, 1.54) is 17.9 Å². The Hall–Kier alpha value is -1.20. The zero-order valence-electron chi connectivity index (χ0n) is 13.7. The van der Waals surface area contributed by atoms with Gasteiger partial charge in [-0.05, 0) is 12.3 Å². The van der Waals surface area contributed by atoms with Crippen LogP contribution in [0.3, 0.4) is 0 Å². The summed E-state index contributed by atoms with van der Waals surface area (Å²) in [5.41, 5.74) is 0. The second-order valence-electron chi connectivity index (χ2n) is 6.60. The van der Waals surface area contributed by atoms with Crippen molar-refractivity contribution >= 4 is 12.2 Å². The SMILES string of the molecule is CC(C)CCCCCON(C)C(=O)C1C2C=CC(O2)C1C=O. The van der Waals surface area contributed by atoms with Crippen LogP contribution in [0, 0.1) is 17.8 Å². The zero-order chi connectivity index (χ0) is 16.1. The minimum atomic E-state index is -0.446. The average molecular weight is 309 g/mol. The molecule has 0 aliphatic carbocycles. The van der Waals surface area contributed by atoms with Crippen LogP contribution in [0.25, 0.3) is 0 Å². The number of hydrogen-bond donors (Lipinski definition) is 0. The topological polar surface area (TPSA) is 55.8 Å². The van der Waals surface area contributed by atoms with Gasteiger partial charge in [0, 0.05) is 7.05 Å². The largest absolute Gasteiger partial charge is 0.365 e. The van der Waals surface area contributed by atoms with Gasteiger partial charge in [-0.1, -0.05) is 45.3 Å². The van der Waals surface area contributed by atoms with Crippen LogP contribution >= 0.6 is 0 Å². The van der Waals surface area contributed by atoms with Crippen LogP contribution in [-0.4, -0.2) is 43.1 Å². The molecule has 124 valence electrons. The van der Waals surface area contributed by atoms with Crippen molar-refractivity contribution in [1.82, 2.24) is 5.06 Å². The Labute approximate surface area is 132 Å². The highest BCUT2D eigenvalue weighted by atomic mass is 16.7. The molecule has 0 aromatic carbocycles. The highest BCUT2D eigenvalue weighted by Gasteiger charge is 2.50. The van der Waals surface area contributed by atoms with E-state index in [0.717, 1.165) is 25.0 Å². The Bertz CT molecular complexity index is 421. The average Bonchev–Trinajstić information content (AvgIpc) is 3.09. The number of fused-ring (bicyclic) bond motifs is 2. The van der Waals surface area contributed by atoms with Crippen molar-refractivity contribution in [1.29, 1.82) is 0 Å². The van der Waals surface area contributed by atoms with Gasteiger partial charge in [0.1, 0.15) is 6.29 Å². The molecule has 1 amide bonds. The van der Waals surface area contributed by atoms with Gasteiger partial charge in [-0.3, -0.25) is 9.63 Å². The van der Waals surface area contributed by atoms with E-state index < -0.39 is 5.92 Å². The quantitative estimate of drug-likeness (QED) is 0.284. The van der Waals surface area contributed by atoms with Gasteiger partial charge in [0.2, 0.25) is 0 Å². The molecule has 0 N–H and O–H groups in total. The zero-order valence-corrected chi connectivity index (χ0v) is 13.7. The number of carbonyl (C=O) groups is 2. The molecule has 4 unspecified atom stereocenters. The molecule has 2 aliphatic rings. The number of carbonyl (C=O) groups excluding carboxylic acids is 2. The minimum Gasteiger partial charge on any atom is -0.365 e. The number of ether oxygens (including phenoxy) is 1. The normalized spacial score (nSPS) is 29.3. The summed E-state index contributed by atoms with van der Waals surface area (Å²) >= 11 is 0. The van der Waals surface area contributed by atoms with E-state index in [-0.39, 0.29) is 24.0 Å². The van der Waals surface area contributed by atoms with Crippen LogP contribution in [-0.2, 0) is 19.2 Å². The molecule has 5 heteroatoms. The first-order chi connectivity index (χ1) is 10.5. The molecule has 0 aromatic rings. The molecule has 2 rings (SSSR count). The van der Waals surface area contributed by atoms with Gasteiger partial charge in [0.05, 0.1) is 30.7 Å². The van der Waals surface area contributed by atoms with Gasteiger partial charge < -0.3 is 9.53 Å². The second-order valence-corrected chi connectivity index (χ2v) is 6.60. The van der Waals surface area contributed by atoms with Crippen LogP contribution < -0.4 is 0 Å². The minimum absolute atomic E-state index is 0.170. The number of aldehydes is 1.